The average Bonchev–Trinajstić information content (AvgIpc) is 3.57. The van der Waals surface area contributed by atoms with E-state index < -0.39 is 52.0 Å². The summed E-state index contributed by atoms with van der Waals surface area (Å²) in [6.07, 6.45) is 4.26. The molecule has 3 aliphatic rings. The molecule has 7 rings (SSSR count). The number of benzene rings is 4. The van der Waals surface area contributed by atoms with E-state index in [9.17, 15) is 25.6 Å². The first-order valence-electron chi connectivity index (χ1n) is 22.1. The summed E-state index contributed by atoms with van der Waals surface area (Å²) in [4.78, 5) is 22.2. The smallest absolute Gasteiger partial charge is 0.380 e. The van der Waals surface area contributed by atoms with Crippen molar-refractivity contribution in [3.8, 4) is 0 Å². The highest BCUT2D eigenvalue weighted by molar-refractivity contribution is 7.99. The molecule has 0 radical (unpaired) electrons. The van der Waals surface area contributed by atoms with Crippen molar-refractivity contribution in [2.24, 2.45) is 10.6 Å². The number of thioether (sulfide) groups is 1. The van der Waals surface area contributed by atoms with Gasteiger partial charge >= 0.3 is 4.71 Å². The minimum atomic E-state index is -5.78. The molecule has 0 spiro atoms. The summed E-state index contributed by atoms with van der Waals surface area (Å²) in [6.45, 7) is 11.6. The molecule has 18 heteroatoms. The molecule has 356 valence electrons. The fourth-order valence-corrected chi connectivity index (χ4v) is 11.9. The maximum atomic E-state index is 15.1. The second-order valence-corrected chi connectivity index (χ2v) is 23.7. The summed E-state index contributed by atoms with van der Waals surface area (Å²) in [6, 6.07) is 26.3. The van der Waals surface area contributed by atoms with Crippen molar-refractivity contribution in [1.29, 1.82) is 0 Å². The van der Waals surface area contributed by atoms with E-state index in [0.717, 1.165) is 92.7 Å². The molecule has 0 aromatic heterocycles. The third-order valence-corrected chi connectivity index (χ3v) is 17.1. The molecule has 0 bridgehead atoms. The summed E-state index contributed by atoms with van der Waals surface area (Å²) in [5.41, 5.74) is 4.92. The van der Waals surface area contributed by atoms with Crippen LogP contribution in [0.15, 0.2) is 117 Å². The average molecular weight is 1010 g/mol. The summed E-state index contributed by atoms with van der Waals surface area (Å²) < 4.78 is 83.0. The van der Waals surface area contributed by atoms with E-state index in [-0.39, 0.29) is 16.7 Å². The van der Waals surface area contributed by atoms with Crippen molar-refractivity contribution < 1.29 is 35.1 Å². The number of alkyl halides is 3. The van der Waals surface area contributed by atoms with Gasteiger partial charge in [-0.25, -0.2) is 22.0 Å². The zero-order chi connectivity index (χ0) is 47.3. The van der Waals surface area contributed by atoms with E-state index >= 15 is 4.79 Å². The number of carbonyl (C=O) groups is 1. The molecular formula is C48H57Cl2F2N5O6S3. The number of anilines is 2. The SMILES string of the molecule is CC1(C)CCC(CN2CCN(c3ccc(C(=O)N(c4ccc(S(N)(=O)=O)cc4S(=O)(=O)C(F)(F)Cl)[C@H](CCN4CCCOCC4)CSc4ccccc4)cc3)CC2)=C(c2ccc(Cl)cc2)C1. The number of piperazine rings is 1. The molecule has 4 aromatic rings. The number of amides is 1. The zero-order valence-corrected chi connectivity index (χ0v) is 41.1. The van der Waals surface area contributed by atoms with E-state index in [1.54, 1.807) is 12.1 Å². The molecule has 66 heavy (non-hydrogen) atoms. The van der Waals surface area contributed by atoms with Crippen LogP contribution >= 0.6 is 35.0 Å². The predicted molar refractivity (Wildman–Crippen MR) is 261 cm³/mol. The van der Waals surface area contributed by atoms with Crippen LogP contribution in [-0.4, -0.2) is 115 Å². The molecule has 1 atom stereocenters. The fraction of sp³-hybridized carbons (Fsp3) is 0.438. The van der Waals surface area contributed by atoms with Crippen molar-refractivity contribution in [3.05, 3.63) is 119 Å². The lowest BCUT2D eigenvalue weighted by molar-refractivity contribution is 0.0974. The minimum Gasteiger partial charge on any atom is -0.380 e. The van der Waals surface area contributed by atoms with Gasteiger partial charge in [-0.1, -0.05) is 61.4 Å². The van der Waals surface area contributed by atoms with Crippen LogP contribution in [0.1, 0.15) is 61.9 Å². The maximum absolute atomic E-state index is 15.1. The van der Waals surface area contributed by atoms with Crippen LogP contribution in [0.2, 0.25) is 5.02 Å². The Balaban J connectivity index is 1.18. The topological polar surface area (TPSA) is 134 Å². The number of sulfonamides is 1. The molecule has 0 unspecified atom stereocenters. The van der Waals surface area contributed by atoms with E-state index in [1.807, 2.05) is 54.6 Å². The molecule has 2 fully saturated rings. The van der Waals surface area contributed by atoms with E-state index in [0.29, 0.717) is 38.8 Å². The first-order valence-corrected chi connectivity index (χ1v) is 26.9. The number of sulfone groups is 1. The number of allylic oxidation sites excluding steroid dienone is 1. The number of nitrogens with zero attached hydrogens (tertiary/aromatic N) is 4. The van der Waals surface area contributed by atoms with Crippen LogP contribution < -0.4 is 14.9 Å². The number of halogens is 4. The molecule has 4 aromatic carbocycles. The summed E-state index contributed by atoms with van der Waals surface area (Å²) in [5.74, 6) is -0.436. The van der Waals surface area contributed by atoms with Crippen molar-refractivity contribution in [3.63, 3.8) is 0 Å². The van der Waals surface area contributed by atoms with Gasteiger partial charge in [0.25, 0.3) is 15.7 Å². The lowest BCUT2D eigenvalue weighted by Crippen LogP contribution is -2.47. The molecule has 0 saturated carbocycles. The summed E-state index contributed by atoms with van der Waals surface area (Å²) >= 11 is 12.9. The highest BCUT2D eigenvalue weighted by Crippen LogP contribution is 2.44. The van der Waals surface area contributed by atoms with Crippen LogP contribution in [0.5, 0.6) is 0 Å². The molecule has 2 aliphatic heterocycles. The first kappa shape index (κ1) is 50.3. The summed E-state index contributed by atoms with van der Waals surface area (Å²) in [5, 5.41) is 6.10. The van der Waals surface area contributed by atoms with Gasteiger partial charge in [-0.05, 0) is 127 Å². The minimum absolute atomic E-state index is 0.175. The Labute approximate surface area is 402 Å². The molecule has 1 amide bonds. The second-order valence-electron chi connectivity index (χ2n) is 17.9. The Bertz CT molecular complexity index is 2570. The number of primary sulfonamides is 1. The maximum Gasteiger partial charge on any atom is 0.427 e. The summed E-state index contributed by atoms with van der Waals surface area (Å²) in [7, 11) is -10.4. The Hall–Kier alpha value is -3.58. The number of hydrogen-bond acceptors (Lipinski definition) is 10. The van der Waals surface area contributed by atoms with Gasteiger partial charge in [-0.3, -0.25) is 9.69 Å². The van der Waals surface area contributed by atoms with Crippen LogP contribution in [0.4, 0.5) is 20.2 Å². The molecular weight excluding hydrogens is 948 g/mol. The first-order chi connectivity index (χ1) is 31.3. The van der Waals surface area contributed by atoms with Crippen LogP contribution in [0.3, 0.4) is 0 Å². The molecule has 2 heterocycles. The number of ether oxygens (including phenoxy) is 1. The van der Waals surface area contributed by atoms with E-state index in [4.69, 9.17) is 33.1 Å². The van der Waals surface area contributed by atoms with E-state index in [2.05, 4.69) is 40.7 Å². The van der Waals surface area contributed by atoms with Crippen molar-refractivity contribution >= 4 is 77.7 Å². The monoisotopic (exact) mass is 1000 g/mol. The third-order valence-electron chi connectivity index (χ3n) is 12.6. The van der Waals surface area contributed by atoms with Crippen molar-refractivity contribution in [2.75, 3.05) is 81.1 Å². The van der Waals surface area contributed by atoms with Gasteiger partial charge in [0.2, 0.25) is 10.0 Å². The van der Waals surface area contributed by atoms with Crippen molar-refractivity contribution in [1.82, 2.24) is 9.80 Å². The number of carbonyl (C=O) groups excluding carboxylic acids is 1. The quantitative estimate of drug-likeness (QED) is 0.0856. The van der Waals surface area contributed by atoms with Gasteiger partial charge in [0.15, 0.2) is 0 Å². The highest BCUT2D eigenvalue weighted by atomic mass is 35.5. The van der Waals surface area contributed by atoms with Crippen LogP contribution in [0, 0.1) is 5.41 Å². The van der Waals surface area contributed by atoms with Gasteiger partial charge < -0.3 is 19.4 Å². The molecule has 2 saturated heterocycles. The lowest BCUT2D eigenvalue weighted by atomic mass is 9.72. The Morgan fingerprint density at radius 1 is 0.894 bits per heavy atom. The Morgan fingerprint density at radius 3 is 2.26 bits per heavy atom. The largest absolute Gasteiger partial charge is 0.427 e. The Kier molecular flexibility index (Phi) is 16.3. The normalized spacial score (nSPS) is 18.5. The molecule has 1 aliphatic carbocycles. The van der Waals surface area contributed by atoms with Crippen LogP contribution in [0.25, 0.3) is 5.57 Å². The predicted octanol–water partition coefficient (Wildman–Crippen LogP) is 9.26. The second kappa shape index (κ2) is 21.4. The van der Waals surface area contributed by atoms with Gasteiger partial charge in [-0.15, -0.1) is 11.8 Å². The van der Waals surface area contributed by atoms with Gasteiger partial charge in [-0.2, -0.15) is 8.78 Å². The third kappa shape index (κ3) is 12.5. The van der Waals surface area contributed by atoms with Crippen LogP contribution in [-0.2, 0) is 24.6 Å². The number of rotatable bonds is 16. The standard InChI is InChI=1S/C48H57Cl2F2N5O6S3/c1-47(2)21-19-37(43(32-47)35-9-13-38(49)14-10-35)33-55-24-26-56(27-25-55)39-15-11-36(12-16-39)46(58)57(44-18-17-42(66(53,61)62)31-45(44)65(59,60)48(50,51)52)40(34-64-41-7-4-3-5-8-41)20-23-54-22-6-29-63-30-28-54/h3-5,7-18,31,40H,6,19-30,32-34H2,1-2H3,(H2,53,61,62)/t40-/m1/s1. The van der Waals surface area contributed by atoms with Gasteiger partial charge in [0.05, 0.1) is 22.1 Å². The van der Waals surface area contributed by atoms with E-state index in [1.165, 1.54) is 33.4 Å². The van der Waals surface area contributed by atoms with Gasteiger partial charge in [0, 0.05) is 91.9 Å². The molecule has 2 N–H and O–H groups in total. The van der Waals surface area contributed by atoms with Gasteiger partial charge in [0.1, 0.15) is 0 Å². The lowest BCUT2D eigenvalue weighted by Gasteiger charge is -2.39. The van der Waals surface area contributed by atoms with Crippen molar-refractivity contribution in [2.45, 2.75) is 71.4 Å². The fourth-order valence-electron chi connectivity index (χ4n) is 8.88. The number of nitrogens with two attached hydrogens (primary N) is 1. The molecule has 11 nitrogen and oxygen atoms in total. The number of hydrogen-bond donors (Lipinski definition) is 1. The Morgan fingerprint density at radius 2 is 1.59 bits per heavy atom. The zero-order valence-electron chi connectivity index (χ0n) is 37.2. The highest BCUT2D eigenvalue weighted by Gasteiger charge is 2.47.